The molecule has 0 aliphatic heterocycles. The van der Waals surface area contributed by atoms with Crippen molar-refractivity contribution in [3.05, 3.63) is 12.0 Å². The number of aryl methyl sites for hydroxylation is 1. The molecule has 0 spiro atoms. The summed E-state index contributed by atoms with van der Waals surface area (Å²) in [5.41, 5.74) is 0. The van der Waals surface area contributed by atoms with Crippen molar-refractivity contribution in [2.45, 2.75) is 24.9 Å². The van der Waals surface area contributed by atoms with Crippen molar-refractivity contribution in [3.63, 3.8) is 0 Å². The van der Waals surface area contributed by atoms with Crippen LogP contribution >= 0.6 is 0 Å². The average molecular weight is 260 g/mol. The number of imidazole rings is 1. The Morgan fingerprint density at radius 3 is 2.53 bits per heavy atom. The zero-order valence-corrected chi connectivity index (χ0v) is 11.0. The molecular formula is C9H16N4O3S. The molecular weight excluding hydrogens is 244 g/mol. The zero-order valence-electron chi connectivity index (χ0n) is 10.2. The molecule has 1 amide bonds. The highest BCUT2D eigenvalue weighted by Gasteiger charge is 2.24. The Hall–Kier alpha value is -1.41. The summed E-state index contributed by atoms with van der Waals surface area (Å²) in [6, 6.07) is -0.821. The maximum Gasteiger partial charge on any atom is 0.258 e. The second-order valence-corrected chi connectivity index (χ2v) is 5.59. The van der Waals surface area contributed by atoms with Crippen molar-refractivity contribution in [1.29, 1.82) is 0 Å². The fraction of sp³-hybridized carbons (Fsp3) is 0.556. The van der Waals surface area contributed by atoms with E-state index in [1.54, 1.807) is 21.0 Å². The van der Waals surface area contributed by atoms with Gasteiger partial charge in [0.2, 0.25) is 5.91 Å². The van der Waals surface area contributed by atoms with Crippen molar-refractivity contribution in [1.82, 2.24) is 19.6 Å². The molecule has 96 valence electrons. The lowest BCUT2D eigenvalue weighted by Crippen LogP contribution is -2.44. The molecule has 1 aromatic rings. The Kier molecular flexibility index (Phi) is 3.89. The van der Waals surface area contributed by atoms with E-state index >= 15 is 0 Å². The van der Waals surface area contributed by atoms with Crippen molar-refractivity contribution >= 4 is 15.9 Å². The first-order valence-electron chi connectivity index (χ1n) is 4.99. The summed E-state index contributed by atoms with van der Waals surface area (Å²) in [5, 5.41) is -0.0478. The summed E-state index contributed by atoms with van der Waals surface area (Å²) in [5.74, 6) is 0.182. The number of carbonyl (C=O) groups excluding carboxylic acids is 1. The van der Waals surface area contributed by atoms with E-state index in [-0.39, 0.29) is 10.9 Å². The van der Waals surface area contributed by atoms with Gasteiger partial charge in [0, 0.05) is 14.1 Å². The van der Waals surface area contributed by atoms with Gasteiger partial charge < -0.3 is 9.88 Å². The van der Waals surface area contributed by atoms with E-state index in [0.717, 1.165) is 0 Å². The van der Waals surface area contributed by atoms with Gasteiger partial charge in [-0.05, 0) is 13.8 Å². The van der Waals surface area contributed by atoms with Gasteiger partial charge in [-0.2, -0.15) is 4.72 Å². The Labute approximate surface area is 100 Å². The summed E-state index contributed by atoms with van der Waals surface area (Å²) in [4.78, 5) is 19.3. The lowest BCUT2D eigenvalue weighted by atomic mass is 10.3. The fourth-order valence-electron chi connectivity index (χ4n) is 1.27. The SMILES string of the molecule is Cc1ncc(S(=O)(=O)NC(C)C(=O)N(C)C)[nH]1. The smallest absolute Gasteiger partial charge is 0.258 e. The van der Waals surface area contributed by atoms with Crippen LogP contribution in [0.15, 0.2) is 11.2 Å². The predicted molar refractivity (Wildman–Crippen MR) is 61.8 cm³/mol. The Morgan fingerprint density at radius 1 is 1.53 bits per heavy atom. The molecule has 0 aliphatic carbocycles. The number of aromatic nitrogens is 2. The largest absolute Gasteiger partial charge is 0.347 e. The summed E-state index contributed by atoms with van der Waals surface area (Å²) in [6.45, 7) is 3.14. The Balaban J connectivity index is 2.84. The monoisotopic (exact) mass is 260 g/mol. The van der Waals surface area contributed by atoms with Crippen molar-refractivity contribution < 1.29 is 13.2 Å². The number of amides is 1. The third kappa shape index (κ3) is 3.27. The second-order valence-electron chi connectivity index (χ2n) is 3.91. The minimum absolute atomic E-state index is 0.0478. The van der Waals surface area contributed by atoms with Gasteiger partial charge in [0.1, 0.15) is 5.82 Å². The average Bonchev–Trinajstić information content (AvgIpc) is 2.63. The fourth-order valence-corrected chi connectivity index (χ4v) is 2.44. The van der Waals surface area contributed by atoms with Gasteiger partial charge in [-0.25, -0.2) is 13.4 Å². The zero-order chi connectivity index (χ0) is 13.2. The first-order chi connectivity index (χ1) is 7.74. The van der Waals surface area contributed by atoms with E-state index in [0.29, 0.717) is 5.82 Å². The Morgan fingerprint density at radius 2 is 2.12 bits per heavy atom. The van der Waals surface area contributed by atoms with Gasteiger partial charge >= 0.3 is 0 Å². The lowest BCUT2D eigenvalue weighted by Gasteiger charge is -2.17. The van der Waals surface area contributed by atoms with Crippen molar-refractivity contribution in [2.24, 2.45) is 0 Å². The normalized spacial score (nSPS) is 13.4. The van der Waals surface area contributed by atoms with Crippen LogP contribution in [0.4, 0.5) is 0 Å². The minimum Gasteiger partial charge on any atom is -0.347 e. The molecule has 0 bridgehead atoms. The summed E-state index contributed by atoms with van der Waals surface area (Å²) >= 11 is 0. The number of likely N-dealkylation sites (N-methyl/N-ethyl adjacent to an activating group) is 1. The first kappa shape index (κ1) is 13.7. The molecule has 1 unspecified atom stereocenters. The molecule has 17 heavy (non-hydrogen) atoms. The van der Waals surface area contributed by atoms with Gasteiger partial charge in [0.05, 0.1) is 12.2 Å². The quantitative estimate of drug-likeness (QED) is 0.761. The van der Waals surface area contributed by atoms with Gasteiger partial charge in [-0.3, -0.25) is 4.79 Å². The standard InChI is InChI=1S/C9H16N4O3S/c1-6(9(14)13(3)4)12-17(15,16)8-5-10-7(2)11-8/h5-6,12H,1-4H3,(H,10,11). The molecule has 7 nitrogen and oxygen atoms in total. The van der Waals surface area contributed by atoms with Crippen LogP contribution < -0.4 is 4.72 Å². The molecule has 1 rings (SSSR count). The minimum atomic E-state index is -3.73. The summed E-state index contributed by atoms with van der Waals surface area (Å²) < 4.78 is 25.9. The van der Waals surface area contributed by atoms with Crippen LogP contribution in [0.3, 0.4) is 0 Å². The van der Waals surface area contributed by atoms with Gasteiger partial charge in [-0.15, -0.1) is 0 Å². The second kappa shape index (κ2) is 4.84. The number of nitrogens with one attached hydrogen (secondary N) is 2. The lowest BCUT2D eigenvalue weighted by molar-refractivity contribution is -0.130. The number of carbonyl (C=O) groups is 1. The molecule has 2 N–H and O–H groups in total. The third-order valence-corrected chi connectivity index (χ3v) is 3.56. The number of H-pyrrole nitrogens is 1. The molecule has 8 heteroatoms. The number of hydrogen-bond donors (Lipinski definition) is 2. The van der Waals surface area contributed by atoms with Crippen LogP contribution in [0.25, 0.3) is 0 Å². The van der Waals surface area contributed by atoms with E-state index < -0.39 is 16.1 Å². The van der Waals surface area contributed by atoms with E-state index in [2.05, 4.69) is 14.7 Å². The number of aromatic amines is 1. The van der Waals surface area contributed by atoms with E-state index in [4.69, 9.17) is 0 Å². The van der Waals surface area contributed by atoms with Gasteiger partial charge in [-0.1, -0.05) is 0 Å². The van der Waals surface area contributed by atoms with Crippen molar-refractivity contribution in [2.75, 3.05) is 14.1 Å². The van der Waals surface area contributed by atoms with Crippen LogP contribution in [0.2, 0.25) is 0 Å². The number of nitrogens with zero attached hydrogens (tertiary/aromatic N) is 2. The van der Waals surface area contributed by atoms with Crippen LogP contribution in [0.1, 0.15) is 12.7 Å². The van der Waals surface area contributed by atoms with Crippen LogP contribution in [0.5, 0.6) is 0 Å². The highest BCUT2D eigenvalue weighted by molar-refractivity contribution is 7.89. The highest BCUT2D eigenvalue weighted by Crippen LogP contribution is 2.06. The molecule has 0 fully saturated rings. The summed E-state index contributed by atoms with van der Waals surface area (Å²) in [7, 11) is -0.607. The topological polar surface area (TPSA) is 95.2 Å². The molecule has 0 saturated carbocycles. The molecule has 0 radical (unpaired) electrons. The number of hydrogen-bond acceptors (Lipinski definition) is 4. The third-order valence-electron chi connectivity index (χ3n) is 2.11. The molecule has 0 saturated heterocycles. The molecule has 0 aliphatic rings. The molecule has 1 heterocycles. The van der Waals surface area contributed by atoms with Gasteiger partial charge in [0.15, 0.2) is 5.03 Å². The van der Waals surface area contributed by atoms with Crippen LogP contribution in [-0.4, -0.2) is 49.3 Å². The molecule has 1 aromatic heterocycles. The number of rotatable bonds is 4. The van der Waals surface area contributed by atoms with E-state index in [1.165, 1.54) is 18.0 Å². The maximum absolute atomic E-state index is 11.8. The molecule has 1 atom stereocenters. The van der Waals surface area contributed by atoms with Gasteiger partial charge in [0.25, 0.3) is 10.0 Å². The first-order valence-corrected chi connectivity index (χ1v) is 6.47. The van der Waals surface area contributed by atoms with Crippen LogP contribution in [0, 0.1) is 6.92 Å². The predicted octanol–water partition coefficient (Wildman–Crippen LogP) is -0.527. The van der Waals surface area contributed by atoms with E-state index in [9.17, 15) is 13.2 Å². The van der Waals surface area contributed by atoms with Crippen LogP contribution in [-0.2, 0) is 14.8 Å². The highest BCUT2D eigenvalue weighted by atomic mass is 32.2. The Bertz CT molecular complexity index is 506. The maximum atomic E-state index is 11.8. The molecule has 0 aromatic carbocycles. The number of sulfonamides is 1. The van der Waals surface area contributed by atoms with E-state index in [1.807, 2.05) is 0 Å². The van der Waals surface area contributed by atoms with Crippen molar-refractivity contribution in [3.8, 4) is 0 Å². The summed E-state index contributed by atoms with van der Waals surface area (Å²) in [6.07, 6.45) is 1.21.